The van der Waals surface area contributed by atoms with Gasteiger partial charge in [0, 0.05) is 31.6 Å². The standard InChI is InChI=1S/C17H17N4OP/c1-4-16(22)19-14-7-5-6-12(8-14)13-9-15-11(2)20-21(23-3)17(15)18-10-13/h4-10,23H,1H2,2-3H3,(H,19,22). The Morgan fingerprint density at radius 1 is 1.35 bits per heavy atom. The summed E-state index contributed by atoms with van der Waals surface area (Å²) in [5.74, 6) is -0.225. The quantitative estimate of drug-likeness (QED) is 0.589. The largest absolute Gasteiger partial charge is 0.323 e. The van der Waals surface area contributed by atoms with E-state index in [2.05, 4.69) is 34.7 Å². The van der Waals surface area contributed by atoms with Crippen molar-refractivity contribution < 1.29 is 4.79 Å². The number of fused-ring (bicyclic) bond motifs is 1. The molecule has 0 aliphatic carbocycles. The van der Waals surface area contributed by atoms with Crippen molar-refractivity contribution in [2.45, 2.75) is 6.92 Å². The van der Waals surface area contributed by atoms with Gasteiger partial charge in [-0.15, -0.1) is 0 Å². The van der Waals surface area contributed by atoms with E-state index < -0.39 is 0 Å². The number of carbonyl (C=O) groups excluding carboxylic acids is 1. The summed E-state index contributed by atoms with van der Waals surface area (Å²) in [6, 6.07) is 9.76. The molecule has 0 spiro atoms. The lowest BCUT2D eigenvalue weighted by Crippen LogP contribution is -2.06. The Kier molecular flexibility index (Phi) is 4.22. The van der Waals surface area contributed by atoms with Gasteiger partial charge in [-0.25, -0.2) is 9.44 Å². The molecule has 1 N–H and O–H groups in total. The number of amides is 1. The first kappa shape index (κ1) is 15.4. The molecule has 0 radical (unpaired) electrons. The molecule has 1 aromatic carbocycles. The van der Waals surface area contributed by atoms with Gasteiger partial charge in [0.15, 0.2) is 5.65 Å². The van der Waals surface area contributed by atoms with Crippen molar-refractivity contribution in [2.75, 3.05) is 12.0 Å². The predicted molar refractivity (Wildman–Crippen MR) is 96.2 cm³/mol. The SMILES string of the molecule is C=CC(=O)Nc1cccc(-c2cnc3c(c2)c(C)nn3PC)c1. The summed E-state index contributed by atoms with van der Waals surface area (Å²) in [7, 11) is 0.549. The fourth-order valence-electron chi connectivity index (χ4n) is 2.43. The van der Waals surface area contributed by atoms with Crippen LogP contribution < -0.4 is 5.32 Å². The van der Waals surface area contributed by atoms with Crippen LogP contribution in [0.3, 0.4) is 0 Å². The van der Waals surface area contributed by atoms with Gasteiger partial charge in [-0.3, -0.25) is 4.79 Å². The summed E-state index contributed by atoms with van der Waals surface area (Å²) in [6.07, 6.45) is 3.10. The summed E-state index contributed by atoms with van der Waals surface area (Å²) >= 11 is 0. The van der Waals surface area contributed by atoms with Crippen LogP contribution in [0, 0.1) is 6.92 Å². The Bertz CT molecular complexity index is 901. The van der Waals surface area contributed by atoms with Gasteiger partial charge in [0.1, 0.15) is 0 Å². The summed E-state index contributed by atoms with van der Waals surface area (Å²) in [4.78, 5) is 16.0. The van der Waals surface area contributed by atoms with Crippen LogP contribution in [0.1, 0.15) is 5.69 Å². The van der Waals surface area contributed by atoms with E-state index in [4.69, 9.17) is 0 Å². The molecule has 1 atom stereocenters. The van der Waals surface area contributed by atoms with E-state index >= 15 is 0 Å². The van der Waals surface area contributed by atoms with Crippen molar-refractivity contribution in [3.05, 3.63) is 54.9 Å². The predicted octanol–water partition coefficient (Wildman–Crippen LogP) is 3.60. The number of hydrogen-bond acceptors (Lipinski definition) is 3. The van der Waals surface area contributed by atoms with Crippen LogP contribution in [-0.2, 0) is 4.79 Å². The maximum Gasteiger partial charge on any atom is 0.247 e. The maximum absolute atomic E-state index is 11.4. The molecule has 1 unspecified atom stereocenters. The molecule has 2 heterocycles. The van der Waals surface area contributed by atoms with Crippen LogP contribution in [0.4, 0.5) is 5.69 Å². The van der Waals surface area contributed by atoms with E-state index in [0.29, 0.717) is 8.73 Å². The Balaban J connectivity index is 2.03. The van der Waals surface area contributed by atoms with E-state index in [1.165, 1.54) is 6.08 Å². The summed E-state index contributed by atoms with van der Waals surface area (Å²) in [5, 5.41) is 8.33. The van der Waals surface area contributed by atoms with Gasteiger partial charge in [-0.1, -0.05) is 18.7 Å². The Labute approximate surface area is 136 Å². The highest BCUT2D eigenvalue weighted by atomic mass is 31.1. The minimum Gasteiger partial charge on any atom is -0.323 e. The van der Waals surface area contributed by atoms with Gasteiger partial charge in [0.2, 0.25) is 5.91 Å². The Morgan fingerprint density at radius 3 is 2.91 bits per heavy atom. The van der Waals surface area contributed by atoms with Crippen molar-refractivity contribution in [2.24, 2.45) is 0 Å². The molecule has 6 heteroatoms. The number of anilines is 1. The van der Waals surface area contributed by atoms with E-state index in [1.54, 1.807) is 0 Å². The highest BCUT2D eigenvalue weighted by Gasteiger charge is 2.10. The number of hydrogen-bond donors (Lipinski definition) is 1. The van der Waals surface area contributed by atoms with E-state index in [1.807, 2.05) is 41.8 Å². The van der Waals surface area contributed by atoms with E-state index in [-0.39, 0.29) is 5.91 Å². The highest BCUT2D eigenvalue weighted by Crippen LogP contribution is 2.28. The first-order valence-electron chi connectivity index (χ1n) is 7.19. The van der Waals surface area contributed by atoms with Crippen molar-refractivity contribution in [3.63, 3.8) is 0 Å². The molecular weight excluding hydrogens is 307 g/mol. The van der Waals surface area contributed by atoms with Crippen LogP contribution in [0.2, 0.25) is 0 Å². The number of rotatable bonds is 4. The minimum atomic E-state index is -0.225. The molecule has 2 aromatic heterocycles. The second-order valence-electron chi connectivity index (χ2n) is 5.09. The van der Waals surface area contributed by atoms with E-state index in [9.17, 15) is 4.79 Å². The highest BCUT2D eigenvalue weighted by molar-refractivity contribution is 7.35. The Morgan fingerprint density at radius 2 is 2.17 bits per heavy atom. The van der Waals surface area contributed by atoms with Gasteiger partial charge >= 0.3 is 0 Å². The zero-order valence-electron chi connectivity index (χ0n) is 13.0. The zero-order valence-corrected chi connectivity index (χ0v) is 14.0. The van der Waals surface area contributed by atoms with Crippen LogP contribution in [-0.4, -0.2) is 27.1 Å². The average Bonchev–Trinajstić information content (AvgIpc) is 2.90. The van der Waals surface area contributed by atoms with Crippen LogP contribution in [0.15, 0.2) is 49.2 Å². The third-order valence-electron chi connectivity index (χ3n) is 3.57. The number of pyridine rings is 1. The summed E-state index contributed by atoms with van der Waals surface area (Å²) < 4.78 is 1.93. The lowest BCUT2D eigenvalue weighted by atomic mass is 10.1. The molecule has 0 aliphatic rings. The first-order valence-corrected chi connectivity index (χ1v) is 8.64. The molecule has 0 saturated carbocycles. The van der Waals surface area contributed by atoms with Crippen LogP contribution in [0.25, 0.3) is 22.2 Å². The molecule has 1 amide bonds. The van der Waals surface area contributed by atoms with E-state index in [0.717, 1.165) is 33.5 Å². The van der Waals surface area contributed by atoms with Gasteiger partial charge in [0.25, 0.3) is 0 Å². The fraction of sp³-hybridized carbons (Fsp3) is 0.118. The summed E-state index contributed by atoms with van der Waals surface area (Å²) in [6.45, 7) is 7.53. The second-order valence-corrected chi connectivity index (χ2v) is 5.96. The third-order valence-corrected chi connectivity index (χ3v) is 4.30. The van der Waals surface area contributed by atoms with Crippen molar-refractivity contribution in [1.82, 2.24) is 14.5 Å². The molecule has 23 heavy (non-hydrogen) atoms. The van der Waals surface area contributed by atoms with Crippen molar-refractivity contribution >= 4 is 31.4 Å². The maximum atomic E-state index is 11.4. The average molecular weight is 324 g/mol. The van der Waals surface area contributed by atoms with Gasteiger partial charge < -0.3 is 5.32 Å². The topological polar surface area (TPSA) is 59.8 Å². The van der Waals surface area contributed by atoms with Crippen molar-refractivity contribution in [3.8, 4) is 11.1 Å². The second kappa shape index (κ2) is 6.31. The number of carbonyl (C=O) groups is 1. The smallest absolute Gasteiger partial charge is 0.247 e. The van der Waals surface area contributed by atoms with Crippen molar-refractivity contribution in [1.29, 1.82) is 0 Å². The zero-order chi connectivity index (χ0) is 16.4. The van der Waals surface area contributed by atoms with Gasteiger partial charge in [-0.05, 0) is 43.4 Å². The molecule has 0 aliphatic heterocycles. The third kappa shape index (κ3) is 3.01. The number of nitrogens with zero attached hydrogens (tertiary/aromatic N) is 3. The van der Waals surface area contributed by atoms with Crippen LogP contribution in [0.5, 0.6) is 0 Å². The molecule has 5 nitrogen and oxygen atoms in total. The number of benzene rings is 1. The Hall–Kier alpha value is -2.52. The lowest BCUT2D eigenvalue weighted by Gasteiger charge is -2.06. The molecule has 0 bridgehead atoms. The molecular formula is C17H17N4OP. The van der Waals surface area contributed by atoms with Gasteiger partial charge in [-0.2, -0.15) is 5.10 Å². The fourth-order valence-corrected chi connectivity index (χ4v) is 3.07. The molecule has 0 fully saturated rings. The normalized spacial score (nSPS) is 11.2. The van der Waals surface area contributed by atoms with Gasteiger partial charge in [0.05, 0.1) is 5.69 Å². The lowest BCUT2D eigenvalue weighted by molar-refractivity contribution is -0.111. The molecule has 3 rings (SSSR count). The molecule has 0 saturated heterocycles. The number of aryl methyl sites for hydroxylation is 1. The minimum absolute atomic E-state index is 0.225. The summed E-state index contributed by atoms with van der Waals surface area (Å²) in [5.41, 5.74) is 4.60. The van der Waals surface area contributed by atoms with Crippen LogP contribution >= 0.6 is 8.73 Å². The molecule has 116 valence electrons. The number of aromatic nitrogens is 3. The first-order chi connectivity index (χ1) is 11.1. The monoisotopic (exact) mass is 324 g/mol. The number of nitrogens with one attached hydrogen (secondary N) is 1. The molecule has 3 aromatic rings.